The first-order valence-electron chi connectivity index (χ1n) is 8.11. The fourth-order valence-electron chi connectivity index (χ4n) is 2.58. The van der Waals surface area contributed by atoms with E-state index in [-0.39, 0.29) is 11.8 Å². The molecule has 1 fully saturated rings. The van der Waals surface area contributed by atoms with E-state index in [0.29, 0.717) is 18.8 Å². The van der Waals surface area contributed by atoms with Gasteiger partial charge in [-0.15, -0.1) is 0 Å². The van der Waals surface area contributed by atoms with Crippen molar-refractivity contribution < 1.29 is 9.59 Å². The van der Waals surface area contributed by atoms with Gasteiger partial charge in [0.2, 0.25) is 5.91 Å². The first-order valence-corrected chi connectivity index (χ1v) is 8.11. The molecule has 0 radical (unpaired) electrons. The van der Waals surface area contributed by atoms with Crippen LogP contribution >= 0.6 is 0 Å². The van der Waals surface area contributed by atoms with Crippen LogP contribution in [-0.4, -0.2) is 71.4 Å². The Morgan fingerprint density at radius 3 is 2.52 bits per heavy atom. The van der Waals surface area contributed by atoms with Crippen LogP contribution < -0.4 is 4.90 Å². The predicted molar refractivity (Wildman–Crippen MR) is 88.4 cm³/mol. The second-order valence-electron chi connectivity index (χ2n) is 5.83. The number of amides is 2. The summed E-state index contributed by atoms with van der Waals surface area (Å²) in [6.45, 7) is 7.21. The number of anilines is 1. The molecule has 1 aliphatic rings. The van der Waals surface area contributed by atoms with Gasteiger partial charge in [-0.2, -0.15) is 0 Å². The van der Waals surface area contributed by atoms with Crippen LogP contribution in [0.3, 0.4) is 0 Å². The smallest absolute Gasteiger partial charge is 0.272 e. The molecule has 1 aromatic heterocycles. The fraction of sp³-hybridized carbons (Fsp3) is 0.625. The highest BCUT2D eigenvalue weighted by molar-refractivity contribution is 5.92. The number of piperazine rings is 1. The van der Waals surface area contributed by atoms with Crippen molar-refractivity contribution in [2.24, 2.45) is 0 Å². The first-order chi connectivity index (χ1) is 11.0. The van der Waals surface area contributed by atoms with Crippen molar-refractivity contribution in [3.05, 3.63) is 18.1 Å². The van der Waals surface area contributed by atoms with E-state index in [2.05, 4.69) is 21.8 Å². The minimum absolute atomic E-state index is 0.0792. The van der Waals surface area contributed by atoms with Crippen LogP contribution in [0.4, 0.5) is 5.82 Å². The van der Waals surface area contributed by atoms with E-state index in [9.17, 15) is 9.59 Å². The summed E-state index contributed by atoms with van der Waals surface area (Å²) in [5.41, 5.74) is 0.419. The van der Waals surface area contributed by atoms with Gasteiger partial charge in [0.25, 0.3) is 5.91 Å². The highest BCUT2D eigenvalue weighted by Crippen LogP contribution is 2.15. The number of unbranched alkanes of at least 4 members (excludes halogenated alkanes) is 1. The monoisotopic (exact) mass is 319 g/mol. The summed E-state index contributed by atoms with van der Waals surface area (Å²) in [5, 5.41) is 0. The van der Waals surface area contributed by atoms with Crippen LogP contribution in [0, 0.1) is 0 Å². The zero-order valence-electron chi connectivity index (χ0n) is 14.2. The Morgan fingerprint density at radius 2 is 1.91 bits per heavy atom. The van der Waals surface area contributed by atoms with Crippen LogP contribution in [0.25, 0.3) is 0 Å². The third-order valence-electron chi connectivity index (χ3n) is 4.11. The average molecular weight is 319 g/mol. The minimum atomic E-state index is -0.0792. The largest absolute Gasteiger partial charge is 0.353 e. The molecular formula is C16H25N5O2. The fourth-order valence-corrected chi connectivity index (χ4v) is 2.58. The van der Waals surface area contributed by atoms with Gasteiger partial charge in [0.15, 0.2) is 0 Å². The topological polar surface area (TPSA) is 69.6 Å². The molecule has 0 aliphatic carbocycles. The molecule has 0 atom stereocenters. The molecule has 1 aromatic rings. The van der Waals surface area contributed by atoms with Gasteiger partial charge in [-0.05, 0) is 6.42 Å². The highest BCUT2D eigenvalue weighted by atomic mass is 16.2. The minimum Gasteiger partial charge on any atom is -0.353 e. The third-order valence-corrected chi connectivity index (χ3v) is 4.11. The van der Waals surface area contributed by atoms with E-state index in [0.717, 1.165) is 38.3 Å². The normalized spacial score (nSPS) is 14.7. The summed E-state index contributed by atoms with van der Waals surface area (Å²) < 4.78 is 0. The number of hydrogen-bond donors (Lipinski definition) is 0. The maximum atomic E-state index is 12.4. The molecule has 7 nitrogen and oxygen atoms in total. The van der Waals surface area contributed by atoms with Gasteiger partial charge in [0.1, 0.15) is 17.8 Å². The van der Waals surface area contributed by atoms with Crippen molar-refractivity contribution in [3.8, 4) is 0 Å². The van der Waals surface area contributed by atoms with Crippen molar-refractivity contribution in [1.82, 2.24) is 19.8 Å². The lowest BCUT2D eigenvalue weighted by molar-refractivity contribution is -0.129. The summed E-state index contributed by atoms with van der Waals surface area (Å²) in [4.78, 5) is 37.8. The van der Waals surface area contributed by atoms with Gasteiger partial charge >= 0.3 is 0 Å². The number of nitrogens with zero attached hydrogens (tertiary/aromatic N) is 5. The molecule has 0 saturated carbocycles. The standard InChI is InChI=1S/C16H25N5O2/c1-4-5-6-19(3)16(23)14-11-15(18-12-17-14)21-9-7-20(8-10-21)13(2)22/h11-12H,4-10H2,1-3H3. The maximum absolute atomic E-state index is 12.4. The molecule has 0 N–H and O–H groups in total. The Hall–Kier alpha value is -2.18. The number of carbonyl (C=O) groups excluding carboxylic acids is 2. The van der Waals surface area contributed by atoms with Crippen molar-refractivity contribution in [3.63, 3.8) is 0 Å². The molecule has 23 heavy (non-hydrogen) atoms. The summed E-state index contributed by atoms with van der Waals surface area (Å²) in [6.07, 6.45) is 3.47. The summed E-state index contributed by atoms with van der Waals surface area (Å²) >= 11 is 0. The molecule has 2 rings (SSSR count). The average Bonchev–Trinajstić information content (AvgIpc) is 2.59. The number of aromatic nitrogens is 2. The van der Waals surface area contributed by atoms with E-state index in [1.807, 2.05) is 4.90 Å². The van der Waals surface area contributed by atoms with E-state index < -0.39 is 0 Å². The first kappa shape index (κ1) is 17.2. The zero-order valence-corrected chi connectivity index (χ0v) is 14.2. The SMILES string of the molecule is CCCCN(C)C(=O)c1cc(N2CCN(C(C)=O)CC2)ncn1. The van der Waals surface area contributed by atoms with Gasteiger partial charge in [0.05, 0.1) is 0 Å². The van der Waals surface area contributed by atoms with Crippen LogP contribution in [-0.2, 0) is 4.79 Å². The lowest BCUT2D eigenvalue weighted by atomic mass is 10.2. The molecule has 1 aliphatic heterocycles. The molecule has 0 unspecified atom stereocenters. The molecule has 1 saturated heterocycles. The lowest BCUT2D eigenvalue weighted by Crippen LogP contribution is -2.48. The molecule has 0 bridgehead atoms. The van der Waals surface area contributed by atoms with Crippen molar-refractivity contribution in [2.75, 3.05) is 44.7 Å². The Morgan fingerprint density at radius 1 is 1.22 bits per heavy atom. The molecule has 2 heterocycles. The van der Waals surface area contributed by atoms with Gasteiger partial charge < -0.3 is 14.7 Å². The van der Waals surface area contributed by atoms with Crippen molar-refractivity contribution in [1.29, 1.82) is 0 Å². The second-order valence-corrected chi connectivity index (χ2v) is 5.83. The van der Waals surface area contributed by atoms with E-state index >= 15 is 0 Å². The van der Waals surface area contributed by atoms with Gasteiger partial charge in [-0.3, -0.25) is 9.59 Å². The van der Waals surface area contributed by atoms with Crippen LogP contribution in [0.1, 0.15) is 37.2 Å². The van der Waals surface area contributed by atoms with Gasteiger partial charge in [-0.1, -0.05) is 13.3 Å². The van der Waals surface area contributed by atoms with Crippen molar-refractivity contribution >= 4 is 17.6 Å². The van der Waals surface area contributed by atoms with Gasteiger partial charge in [-0.25, -0.2) is 9.97 Å². The predicted octanol–water partition coefficient (Wildman–Crippen LogP) is 1.02. The van der Waals surface area contributed by atoms with E-state index in [1.54, 1.807) is 24.9 Å². The summed E-state index contributed by atoms with van der Waals surface area (Å²) in [6, 6.07) is 1.74. The van der Waals surface area contributed by atoms with E-state index in [1.165, 1.54) is 6.33 Å². The third kappa shape index (κ3) is 4.40. The Balaban J connectivity index is 2.03. The van der Waals surface area contributed by atoms with Crippen LogP contribution in [0.5, 0.6) is 0 Å². The van der Waals surface area contributed by atoms with Crippen LogP contribution in [0.15, 0.2) is 12.4 Å². The second kappa shape index (κ2) is 7.89. The molecular weight excluding hydrogens is 294 g/mol. The summed E-state index contributed by atoms with van der Waals surface area (Å²) in [5.74, 6) is 0.765. The maximum Gasteiger partial charge on any atom is 0.272 e. The lowest BCUT2D eigenvalue weighted by Gasteiger charge is -2.34. The van der Waals surface area contributed by atoms with E-state index in [4.69, 9.17) is 0 Å². The Labute approximate surface area is 137 Å². The molecule has 0 aromatic carbocycles. The molecule has 7 heteroatoms. The zero-order chi connectivity index (χ0) is 16.8. The number of hydrogen-bond acceptors (Lipinski definition) is 5. The molecule has 126 valence electrons. The van der Waals surface area contributed by atoms with Crippen LogP contribution in [0.2, 0.25) is 0 Å². The summed E-state index contributed by atoms with van der Waals surface area (Å²) in [7, 11) is 1.80. The van der Waals surface area contributed by atoms with Crippen molar-refractivity contribution in [2.45, 2.75) is 26.7 Å². The highest BCUT2D eigenvalue weighted by Gasteiger charge is 2.21. The quantitative estimate of drug-likeness (QED) is 0.810. The molecule has 2 amide bonds. The Kier molecular flexibility index (Phi) is 5.90. The van der Waals surface area contributed by atoms with Gasteiger partial charge in [0, 0.05) is 52.8 Å². The molecule has 0 spiro atoms. The number of carbonyl (C=O) groups is 2. The number of rotatable bonds is 5. The Bertz CT molecular complexity index is 555.